The lowest BCUT2D eigenvalue weighted by Gasteiger charge is -2.19. The van der Waals surface area contributed by atoms with Crippen molar-refractivity contribution in [2.75, 3.05) is 13.2 Å². The third-order valence-electron chi connectivity index (χ3n) is 7.85. The second kappa shape index (κ2) is 13.2. The van der Waals surface area contributed by atoms with E-state index in [0.29, 0.717) is 52.5 Å². The SMILES string of the molecule is C[C@@H](NCc1cc(Cl)c(Oc2ncnc3c(-c4ccc5c(c4)OCCO5)cccc23)cc1OCc1ccc2ccc(=O)oc2c1)C(=O)O. The fourth-order valence-corrected chi connectivity index (χ4v) is 5.55. The second-order valence-electron chi connectivity index (χ2n) is 11.1. The number of nitrogens with one attached hydrogen (secondary N) is 1. The molecular formula is C36H28ClN3O8. The lowest BCUT2D eigenvalue weighted by molar-refractivity contribution is -0.139. The molecule has 0 fully saturated rings. The molecule has 1 aliphatic rings. The van der Waals surface area contributed by atoms with E-state index >= 15 is 0 Å². The monoisotopic (exact) mass is 665 g/mol. The summed E-state index contributed by atoms with van der Waals surface area (Å²) in [6.45, 7) is 2.81. The third kappa shape index (κ3) is 6.46. The molecule has 2 aromatic heterocycles. The maximum Gasteiger partial charge on any atom is 0.336 e. The highest BCUT2D eigenvalue weighted by Gasteiger charge is 2.19. The van der Waals surface area contributed by atoms with Gasteiger partial charge in [-0.05, 0) is 54.4 Å². The minimum Gasteiger partial charge on any atom is -0.488 e. The van der Waals surface area contributed by atoms with Crippen molar-refractivity contribution in [3.05, 3.63) is 112 Å². The van der Waals surface area contributed by atoms with Crippen LogP contribution in [0.5, 0.6) is 28.9 Å². The van der Waals surface area contributed by atoms with Crippen molar-refractivity contribution in [1.29, 1.82) is 0 Å². The Kier molecular flexibility index (Phi) is 8.53. The summed E-state index contributed by atoms with van der Waals surface area (Å²) in [4.78, 5) is 32.2. The number of ether oxygens (including phenoxy) is 4. The topological polar surface area (TPSA) is 142 Å². The van der Waals surface area contributed by atoms with Crippen molar-refractivity contribution in [2.45, 2.75) is 26.1 Å². The van der Waals surface area contributed by atoms with Crippen LogP contribution in [0, 0.1) is 0 Å². The first-order chi connectivity index (χ1) is 23.3. The molecule has 0 bridgehead atoms. The van der Waals surface area contributed by atoms with E-state index in [-0.39, 0.29) is 29.8 Å². The summed E-state index contributed by atoms with van der Waals surface area (Å²) in [6, 6.07) is 22.5. The maximum atomic E-state index is 11.7. The number of fused-ring (bicyclic) bond motifs is 3. The molecule has 0 radical (unpaired) electrons. The van der Waals surface area contributed by atoms with Gasteiger partial charge in [-0.3, -0.25) is 4.79 Å². The van der Waals surface area contributed by atoms with Crippen LogP contribution in [0.2, 0.25) is 5.02 Å². The molecule has 242 valence electrons. The lowest BCUT2D eigenvalue weighted by atomic mass is 10.0. The number of hydrogen-bond donors (Lipinski definition) is 2. The van der Waals surface area contributed by atoms with E-state index in [4.69, 9.17) is 35.0 Å². The number of aliphatic carboxylic acids is 1. The number of benzene rings is 4. The highest BCUT2D eigenvalue weighted by atomic mass is 35.5. The predicted octanol–water partition coefficient (Wildman–Crippen LogP) is 6.76. The smallest absolute Gasteiger partial charge is 0.336 e. The quantitative estimate of drug-likeness (QED) is 0.150. The molecule has 4 aromatic carbocycles. The number of para-hydroxylation sites is 1. The van der Waals surface area contributed by atoms with Crippen LogP contribution >= 0.6 is 11.6 Å². The third-order valence-corrected chi connectivity index (χ3v) is 8.15. The average molecular weight is 666 g/mol. The summed E-state index contributed by atoms with van der Waals surface area (Å²) in [5.74, 6) is 1.33. The number of carboxylic acids is 1. The van der Waals surface area contributed by atoms with Crippen LogP contribution in [0.15, 0.2) is 94.4 Å². The molecule has 7 rings (SSSR count). The van der Waals surface area contributed by atoms with Crippen LogP contribution in [0.1, 0.15) is 18.1 Å². The number of rotatable bonds is 10. The Balaban J connectivity index is 1.21. The van der Waals surface area contributed by atoms with Crippen molar-refractivity contribution in [3.8, 4) is 40.0 Å². The zero-order valence-electron chi connectivity index (χ0n) is 25.6. The number of aromatic nitrogens is 2. The first-order valence-electron chi connectivity index (χ1n) is 15.1. The minimum absolute atomic E-state index is 0.117. The molecule has 0 saturated heterocycles. The van der Waals surface area contributed by atoms with Crippen LogP contribution in [0.4, 0.5) is 0 Å². The van der Waals surface area contributed by atoms with Gasteiger partial charge in [0.05, 0.1) is 15.9 Å². The maximum absolute atomic E-state index is 11.7. The van der Waals surface area contributed by atoms with Gasteiger partial charge in [0.1, 0.15) is 43.5 Å². The fourth-order valence-electron chi connectivity index (χ4n) is 5.33. The molecule has 0 aliphatic carbocycles. The average Bonchev–Trinajstić information content (AvgIpc) is 3.10. The molecule has 1 aliphatic heterocycles. The number of carboxylic acid groups (broad SMARTS) is 1. The Bertz CT molecular complexity index is 2240. The summed E-state index contributed by atoms with van der Waals surface area (Å²) >= 11 is 6.74. The van der Waals surface area contributed by atoms with Gasteiger partial charge in [0.15, 0.2) is 17.2 Å². The van der Waals surface area contributed by atoms with E-state index in [1.54, 1.807) is 31.2 Å². The lowest BCUT2D eigenvalue weighted by Crippen LogP contribution is -2.33. The molecule has 48 heavy (non-hydrogen) atoms. The number of nitrogens with zero attached hydrogens (tertiary/aromatic N) is 2. The van der Waals surface area contributed by atoms with E-state index in [1.807, 2.05) is 48.5 Å². The summed E-state index contributed by atoms with van der Waals surface area (Å²) in [5, 5.41) is 14.1. The first-order valence-corrected chi connectivity index (χ1v) is 15.5. The van der Waals surface area contributed by atoms with E-state index in [0.717, 1.165) is 22.1 Å². The van der Waals surface area contributed by atoms with Crippen LogP contribution in [0.3, 0.4) is 0 Å². The van der Waals surface area contributed by atoms with Gasteiger partial charge in [0.2, 0.25) is 5.88 Å². The van der Waals surface area contributed by atoms with E-state index in [2.05, 4.69) is 15.3 Å². The van der Waals surface area contributed by atoms with Crippen molar-refractivity contribution in [1.82, 2.24) is 15.3 Å². The Labute approximate surface area is 278 Å². The largest absolute Gasteiger partial charge is 0.488 e. The molecule has 0 saturated carbocycles. The highest BCUT2D eigenvalue weighted by molar-refractivity contribution is 6.32. The molecule has 1 atom stereocenters. The molecule has 12 heteroatoms. The Morgan fingerprint density at radius 2 is 1.81 bits per heavy atom. The van der Waals surface area contributed by atoms with Crippen LogP contribution < -0.4 is 29.9 Å². The van der Waals surface area contributed by atoms with E-state index in [9.17, 15) is 14.7 Å². The van der Waals surface area contributed by atoms with Gasteiger partial charge < -0.3 is 33.8 Å². The van der Waals surface area contributed by atoms with Crippen LogP contribution in [-0.2, 0) is 17.9 Å². The zero-order valence-corrected chi connectivity index (χ0v) is 26.3. The number of hydrogen-bond acceptors (Lipinski definition) is 10. The summed E-state index contributed by atoms with van der Waals surface area (Å²) < 4.78 is 29.3. The van der Waals surface area contributed by atoms with Gasteiger partial charge >= 0.3 is 11.6 Å². The van der Waals surface area contributed by atoms with E-state index in [1.165, 1.54) is 12.4 Å². The molecule has 0 unspecified atom stereocenters. The van der Waals surface area contributed by atoms with Gasteiger partial charge in [-0.25, -0.2) is 14.8 Å². The number of halogens is 1. The molecule has 0 amide bonds. The molecule has 3 heterocycles. The van der Waals surface area contributed by atoms with Crippen molar-refractivity contribution < 1.29 is 33.3 Å². The van der Waals surface area contributed by atoms with Crippen molar-refractivity contribution in [2.24, 2.45) is 0 Å². The van der Waals surface area contributed by atoms with Gasteiger partial charge in [0, 0.05) is 35.2 Å². The fraction of sp³-hybridized carbons (Fsp3) is 0.167. The Hall–Kier alpha value is -5.65. The van der Waals surface area contributed by atoms with Crippen molar-refractivity contribution in [3.63, 3.8) is 0 Å². The molecule has 0 spiro atoms. The summed E-state index contributed by atoms with van der Waals surface area (Å²) in [7, 11) is 0. The van der Waals surface area contributed by atoms with Crippen LogP contribution in [-0.4, -0.2) is 40.3 Å². The molecular weight excluding hydrogens is 638 g/mol. The van der Waals surface area contributed by atoms with Gasteiger partial charge in [-0.1, -0.05) is 41.9 Å². The summed E-state index contributed by atoms with van der Waals surface area (Å²) in [5.41, 5.74) is 3.76. The molecule has 2 N–H and O–H groups in total. The zero-order chi connectivity index (χ0) is 33.2. The highest BCUT2D eigenvalue weighted by Crippen LogP contribution is 2.40. The van der Waals surface area contributed by atoms with Gasteiger partial charge in [-0.15, -0.1) is 0 Å². The molecule has 6 aromatic rings. The standard InChI is InChI=1S/C36H28ClN3O8/c1-20(36(42)43)38-17-24-14-27(37)31(16-29(24)46-18-21-5-6-22-8-10-33(41)47-30(22)13-21)48-35-26-4-2-3-25(34(26)39-19-40-35)23-7-9-28-32(15-23)45-12-11-44-28/h2-10,13-16,19-20,38H,11-12,17-18H2,1H3,(H,42,43)/t20-/m1/s1. The van der Waals surface area contributed by atoms with E-state index < -0.39 is 17.6 Å². The van der Waals surface area contributed by atoms with Crippen LogP contribution in [0.25, 0.3) is 33.0 Å². The second-order valence-corrected chi connectivity index (χ2v) is 11.5. The Morgan fingerprint density at radius 1 is 0.979 bits per heavy atom. The minimum atomic E-state index is -0.993. The first kappa shape index (κ1) is 31.0. The predicted molar refractivity (Wildman–Crippen MR) is 178 cm³/mol. The summed E-state index contributed by atoms with van der Waals surface area (Å²) in [6.07, 6.45) is 1.42. The van der Waals surface area contributed by atoms with Gasteiger partial charge in [0.25, 0.3) is 0 Å². The van der Waals surface area contributed by atoms with Crippen molar-refractivity contribution >= 4 is 39.4 Å². The van der Waals surface area contributed by atoms with Gasteiger partial charge in [-0.2, -0.15) is 0 Å². The normalized spacial score (nSPS) is 13.0. The number of carbonyl (C=O) groups is 1. The Morgan fingerprint density at radius 3 is 2.67 bits per heavy atom. The molecule has 11 nitrogen and oxygen atoms in total.